The minimum atomic E-state index is -1.12. The van der Waals surface area contributed by atoms with Crippen molar-refractivity contribution in [2.45, 2.75) is 91.7 Å². The molecule has 1 aromatic carbocycles. The molecule has 0 aromatic heterocycles. The first kappa shape index (κ1) is 66.3. The van der Waals surface area contributed by atoms with Gasteiger partial charge in [-0.25, -0.2) is 19.2 Å². The molecule has 0 bridgehead atoms. The van der Waals surface area contributed by atoms with Crippen LogP contribution in [0.25, 0.3) is 18.2 Å². The van der Waals surface area contributed by atoms with Crippen LogP contribution in [0.1, 0.15) is 70.1 Å². The van der Waals surface area contributed by atoms with Crippen LogP contribution >= 0.6 is 0 Å². The number of carbonyl (C=O) groups excluding carboxylic acids is 4. The summed E-state index contributed by atoms with van der Waals surface area (Å²) >= 11 is 0. The molecule has 0 unspecified atom stereocenters. The van der Waals surface area contributed by atoms with E-state index >= 15 is 0 Å². The van der Waals surface area contributed by atoms with Crippen LogP contribution < -0.4 is 0 Å². The van der Waals surface area contributed by atoms with E-state index in [1.165, 1.54) is 38.8 Å². The molecule has 10 heteroatoms. The average molecular weight is 901 g/mol. The monoisotopic (exact) mass is 901 g/mol. The number of benzene rings is 1. The number of unbranched alkanes of at least 4 members (excludes halogenated alkanes) is 3. The second-order valence-electron chi connectivity index (χ2n) is 15.2. The Balaban J connectivity index is -0.000000217. The highest BCUT2D eigenvalue weighted by Gasteiger charge is 2.15. The van der Waals surface area contributed by atoms with E-state index in [1.54, 1.807) is 13.8 Å². The Labute approximate surface area is 385 Å². The Hall–Kier alpha value is -5.85. The summed E-state index contributed by atoms with van der Waals surface area (Å²) in [7, 11) is -2.06. The summed E-state index contributed by atoms with van der Waals surface area (Å²) in [6, 6.07) is 8.52. The molecular weight excluding hydrogens is 821 g/mol. The second-order valence-corrected chi connectivity index (χ2v) is 24.8. The Morgan fingerprint density at radius 3 is 0.937 bits per heavy atom. The molecule has 0 spiro atoms. The van der Waals surface area contributed by atoms with E-state index < -0.39 is 46.8 Å². The maximum atomic E-state index is 10.8. The number of esters is 4. The van der Waals surface area contributed by atoms with Gasteiger partial charge in [-0.1, -0.05) is 126 Å². The van der Waals surface area contributed by atoms with Gasteiger partial charge in [-0.05, 0) is 100 Å². The molecule has 0 amide bonds. The van der Waals surface area contributed by atoms with Crippen LogP contribution in [-0.4, -0.2) is 60.0 Å². The molecule has 0 heterocycles. The largest absolute Gasteiger partial charge is 0.459 e. The van der Waals surface area contributed by atoms with Crippen molar-refractivity contribution in [2.24, 2.45) is 0 Å². The highest BCUT2D eigenvalue weighted by Crippen LogP contribution is 2.15. The zero-order valence-corrected chi connectivity index (χ0v) is 42.3. The third-order valence-corrected chi connectivity index (χ3v) is 12.4. The molecule has 8 nitrogen and oxygen atoms in total. The zero-order chi connectivity index (χ0) is 50.0. The summed E-state index contributed by atoms with van der Waals surface area (Å²) in [5.74, 6) is -2.16. The Bertz CT molecular complexity index is 1560. The molecule has 0 aliphatic rings. The van der Waals surface area contributed by atoms with Crippen molar-refractivity contribution in [2.75, 3.05) is 20.0 Å². The number of rotatable bonds is 23. The van der Waals surface area contributed by atoms with Gasteiger partial charge < -0.3 is 18.9 Å². The molecule has 0 aliphatic heterocycles. The normalized spacial score (nSPS) is 9.33. The fourth-order valence-electron chi connectivity index (χ4n) is 3.48. The predicted molar refractivity (Wildman–Crippen MR) is 279 cm³/mol. The molecule has 1 aromatic rings. The van der Waals surface area contributed by atoms with Gasteiger partial charge in [0.15, 0.2) is 0 Å². The SMILES string of the molecule is C=C(C)C(=O)OCCOC(=O)C(=C)C.C=C(C)C(=O)OCOC(=O)C(=C)C.C=CCCCCC=C.C=CC[Si](C)(C)CC=C.C=C[Si](C)(C)C=C.C=Cc1cc(C=C)cc(C=C)c1. The molecule has 348 valence electrons. The van der Waals surface area contributed by atoms with Crippen LogP contribution in [0.3, 0.4) is 0 Å². The molecule has 63 heavy (non-hydrogen) atoms. The molecule has 0 saturated heterocycles. The first-order valence-electron chi connectivity index (χ1n) is 20.4. The highest BCUT2D eigenvalue weighted by atomic mass is 28.3. The van der Waals surface area contributed by atoms with Crippen LogP contribution in [0.4, 0.5) is 0 Å². The van der Waals surface area contributed by atoms with Crippen molar-refractivity contribution < 1.29 is 38.1 Å². The molecule has 0 saturated carbocycles. The molecule has 0 atom stereocenters. The Kier molecular flexibility index (Phi) is 43.6. The molecular formula is C53H80O8Si2. The number of hydrogen-bond acceptors (Lipinski definition) is 8. The topological polar surface area (TPSA) is 105 Å². The van der Waals surface area contributed by atoms with Crippen molar-refractivity contribution in [1.29, 1.82) is 0 Å². The van der Waals surface area contributed by atoms with Crippen molar-refractivity contribution in [3.05, 3.63) is 178 Å². The third-order valence-electron chi connectivity index (χ3n) is 7.54. The fourth-order valence-corrected chi connectivity index (χ4v) is 5.38. The van der Waals surface area contributed by atoms with Gasteiger partial charge in [-0.3, -0.25) is 0 Å². The predicted octanol–water partition coefficient (Wildman–Crippen LogP) is 14.2. The van der Waals surface area contributed by atoms with Crippen molar-refractivity contribution >= 4 is 58.3 Å². The van der Waals surface area contributed by atoms with E-state index in [-0.39, 0.29) is 24.4 Å². The van der Waals surface area contributed by atoms with Gasteiger partial charge in [0, 0.05) is 22.3 Å². The molecule has 1 rings (SSSR count). The van der Waals surface area contributed by atoms with E-state index in [0.717, 1.165) is 29.5 Å². The zero-order valence-electron chi connectivity index (χ0n) is 40.3. The summed E-state index contributed by atoms with van der Waals surface area (Å²) < 4.78 is 18.4. The van der Waals surface area contributed by atoms with E-state index in [0.29, 0.717) is 11.1 Å². The summed E-state index contributed by atoms with van der Waals surface area (Å²) in [4.78, 5) is 43.2. The number of allylic oxidation sites excluding steroid dienone is 4. The maximum Gasteiger partial charge on any atom is 0.335 e. The van der Waals surface area contributed by atoms with E-state index in [9.17, 15) is 19.2 Å². The maximum absolute atomic E-state index is 10.8. The molecule has 0 radical (unpaired) electrons. The summed E-state index contributed by atoms with van der Waals surface area (Å²) in [6.07, 6.45) is 18.2. The Morgan fingerprint density at radius 1 is 0.476 bits per heavy atom. The van der Waals surface area contributed by atoms with Crippen molar-refractivity contribution in [1.82, 2.24) is 0 Å². The van der Waals surface area contributed by atoms with E-state index in [4.69, 9.17) is 0 Å². The summed E-state index contributed by atoms with van der Waals surface area (Å²) in [6.45, 7) is 61.6. The third kappa shape index (κ3) is 45.5. The average Bonchev–Trinajstić information content (AvgIpc) is 3.24. The first-order chi connectivity index (χ1) is 29.3. The minimum Gasteiger partial charge on any atom is -0.459 e. The lowest BCUT2D eigenvalue weighted by atomic mass is 10.1. The van der Waals surface area contributed by atoms with E-state index in [2.05, 4.69) is 131 Å². The standard InChI is InChI=1S/C12H12.C10H14O4.C9H12O4.C8H16Si.C8H14.C6H12Si/c1-4-10-7-11(5-2)9-12(6-3)8-10;1-7(2)9(11)13-5-6-14-10(12)8(3)4;1-6(2)8(10)12-5-13-9(11)7(3)4;1-5-7-9(3,4)8-6-2;1-3-5-7-8-6-4-2;1-5-7(3,4)6-2/h4-9H,1-3H2;1,3,5-6H2,2,4H3;1,3,5H2,2,4H3;5-6H,1-2,7-8H2,3-4H3;3-4H,1-2,5-8H2;5-6H,1-2H2,3-4H3. The van der Waals surface area contributed by atoms with Gasteiger partial charge in [-0.15, -0.1) is 39.5 Å². The van der Waals surface area contributed by atoms with Crippen LogP contribution in [0.5, 0.6) is 0 Å². The van der Waals surface area contributed by atoms with Gasteiger partial charge in [-0.2, -0.15) is 0 Å². The van der Waals surface area contributed by atoms with Crippen LogP contribution in [0.15, 0.2) is 162 Å². The summed E-state index contributed by atoms with van der Waals surface area (Å²) in [5, 5.41) is 0. The van der Waals surface area contributed by atoms with Crippen LogP contribution in [-0.2, 0) is 38.1 Å². The number of carbonyl (C=O) groups is 4. The number of ether oxygens (including phenoxy) is 4. The second kappa shape index (κ2) is 41.5. The van der Waals surface area contributed by atoms with Crippen LogP contribution in [0.2, 0.25) is 38.3 Å². The van der Waals surface area contributed by atoms with Gasteiger partial charge in [0.1, 0.15) is 13.2 Å². The fraction of sp³-hybridized carbons (Fsp3) is 0.321. The molecule has 0 N–H and O–H groups in total. The summed E-state index contributed by atoms with van der Waals surface area (Å²) in [5.41, 5.74) is 8.47. The lowest BCUT2D eigenvalue weighted by molar-refractivity contribution is -0.161. The molecule has 0 aliphatic carbocycles. The van der Waals surface area contributed by atoms with Crippen molar-refractivity contribution in [3.63, 3.8) is 0 Å². The van der Waals surface area contributed by atoms with Gasteiger partial charge >= 0.3 is 23.9 Å². The van der Waals surface area contributed by atoms with Crippen LogP contribution in [0, 0.1) is 0 Å². The minimum absolute atomic E-state index is 0.0325. The van der Waals surface area contributed by atoms with Gasteiger partial charge in [0.05, 0.1) is 16.1 Å². The van der Waals surface area contributed by atoms with E-state index in [1.807, 2.05) is 72.1 Å². The quantitative estimate of drug-likeness (QED) is 0.0203. The van der Waals surface area contributed by atoms with Gasteiger partial charge in [0.2, 0.25) is 6.79 Å². The highest BCUT2D eigenvalue weighted by molar-refractivity contribution is 6.86. The van der Waals surface area contributed by atoms with Gasteiger partial charge in [0.25, 0.3) is 0 Å². The Morgan fingerprint density at radius 2 is 0.746 bits per heavy atom. The first-order valence-corrected chi connectivity index (χ1v) is 27.0. The number of hydrogen-bond donors (Lipinski definition) is 0. The van der Waals surface area contributed by atoms with Crippen molar-refractivity contribution in [3.8, 4) is 0 Å². The lowest BCUT2D eigenvalue weighted by Crippen LogP contribution is -2.22. The lowest BCUT2D eigenvalue weighted by Gasteiger charge is -2.16. The molecule has 0 fully saturated rings. The smallest absolute Gasteiger partial charge is 0.335 e.